The fourth-order valence-corrected chi connectivity index (χ4v) is 4.55. The number of hydrogen-bond acceptors (Lipinski definition) is 2. The van der Waals surface area contributed by atoms with Crippen LogP contribution in [-0.4, -0.2) is 36.1 Å². The molecule has 0 bridgehead atoms. The molecule has 0 amide bonds. The molecular weight excluding hydrogens is 244 g/mol. The highest BCUT2D eigenvalue weighted by atomic mass is 15.3. The van der Waals surface area contributed by atoms with Gasteiger partial charge < -0.3 is 5.32 Å². The summed E-state index contributed by atoms with van der Waals surface area (Å²) in [4.78, 5) is 2.93. The maximum Gasteiger partial charge on any atom is 0.0247 e. The summed E-state index contributed by atoms with van der Waals surface area (Å²) < 4.78 is 0. The third-order valence-corrected chi connectivity index (χ3v) is 6.25. The molecule has 3 aliphatic rings. The first kappa shape index (κ1) is 14.8. The highest BCUT2D eigenvalue weighted by Crippen LogP contribution is 2.37. The van der Waals surface area contributed by atoms with Crippen LogP contribution in [0.25, 0.3) is 0 Å². The van der Waals surface area contributed by atoms with E-state index < -0.39 is 0 Å². The first-order valence-electron chi connectivity index (χ1n) is 9.18. The lowest BCUT2D eigenvalue weighted by molar-refractivity contribution is 0.0281. The van der Waals surface area contributed by atoms with Crippen LogP contribution in [0, 0.1) is 17.8 Å². The number of piperazine rings is 1. The van der Waals surface area contributed by atoms with Crippen molar-refractivity contribution >= 4 is 0 Å². The lowest BCUT2D eigenvalue weighted by atomic mass is 9.82. The molecular formula is C18H34N2. The molecule has 3 fully saturated rings. The summed E-state index contributed by atoms with van der Waals surface area (Å²) in [7, 11) is 0. The lowest BCUT2D eigenvalue weighted by Gasteiger charge is -2.48. The van der Waals surface area contributed by atoms with Gasteiger partial charge in [0.05, 0.1) is 0 Å². The van der Waals surface area contributed by atoms with Crippen molar-refractivity contribution in [2.75, 3.05) is 13.1 Å². The van der Waals surface area contributed by atoms with E-state index >= 15 is 0 Å². The summed E-state index contributed by atoms with van der Waals surface area (Å²) >= 11 is 0. The van der Waals surface area contributed by atoms with E-state index in [0.717, 1.165) is 35.9 Å². The molecule has 0 spiro atoms. The Labute approximate surface area is 125 Å². The third kappa shape index (κ3) is 3.22. The predicted molar refractivity (Wildman–Crippen MR) is 85.9 cm³/mol. The van der Waals surface area contributed by atoms with Crippen molar-refractivity contribution in [1.29, 1.82) is 0 Å². The van der Waals surface area contributed by atoms with Crippen molar-refractivity contribution in [2.45, 2.75) is 83.8 Å². The Hall–Kier alpha value is -0.0800. The minimum atomic E-state index is 0.771. The molecule has 116 valence electrons. The Morgan fingerprint density at radius 3 is 2.30 bits per heavy atom. The molecule has 1 heterocycles. The second-order valence-corrected chi connectivity index (χ2v) is 7.94. The molecule has 0 radical (unpaired) electrons. The van der Waals surface area contributed by atoms with Crippen LogP contribution in [0.4, 0.5) is 0 Å². The largest absolute Gasteiger partial charge is 0.311 e. The van der Waals surface area contributed by atoms with Crippen molar-refractivity contribution in [1.82, 2.24) is 10.2 Å². The van der Waals surface area contributed by atoms with Gasteiger partial charge in [0.1, 0.15) is 0 Å². The Kier molecular flexibility index (Phi) is 4.72. The normalized spacial score (nSPS) is 40.2. The second kappa shape index (κ2) is 6.36. The van der Waals surface area contributed by atoms with Gasteiger partial charge in [-0.1, -0.05) is 27.2 Å². The molecule has 2 unspecified atom stereocenters. The highest BCUT2D eigenvalue weighted by Gasteiger charge is 2.40. The minimum Gasteiger partial charge on any atom is -0.311 e. The molecule has 3 rings (SSSR count). The van der Waals surface area contributed by atoms with Gasteiger partial charge in [0, 0.05) is 31.2 Å². The molecule has 1 aliphatic heterocycles. The number of nitrogens with zero attached hydrogens (tertiary/aromatic N) is 1. The zero-order valence-electron chi connectivity index (χ0n) is 13.8. The third-order valence-electron chi connectivity index (χ3n) is 6.25. The van der Waals surface area contributed by atoms with Crippen LogP contribution in [0.2, 0.25) is 0 Å². The van der Waals surface area contributed by atoms with Crippen LogP contribution >= 0.6 is 0 Å². The van der Waals surface area contributed by atoms with Crippen molar-refractivity contribution in [2.24, 2.45) is 17.8 Å². The van der Waals surface area contributed by atoms with E-state index in [9.17, 15) is 0 Å². The van der Waals surface area contributed by atoms with Gasteiger partial charge in [0.25, 0.3) is 0 Å². The van der Waals surface area contributed by atoms with Gasteiger partial charge >= 0.3 is 0 Å². The Morgan fingerprint density at radius 1 is 1.05 bits per heavy atom. The Balaban J connectivity index is 1.63. The molecule has 1 saturated heterocycles. The minimum absolute atomic E-state index is 0.771. The quantitative estimate of drug-likeness (QED) is 0.844. The van der Waals surface area contributed by atoms with Gasteiger partial charge in [-0.05, 0) is 56.3 Å². The van der Waals surface area contributed by atoms with Gasteiger partial charge in [-0.15, -0.1) is 0 Å². The average Bonchev–Trinajstić information content (AvgIpc) is 3.31. The zero-order valence-corrected chi connectivity index (χ0v) is 13.8. The number of rotatable bonds is 4. The molecule has 20 heavy (non-hydrogen) atoms. The maximum absolute atomic E-state index is 3.86. The van der Waals surface area contributed by atoms with Crippen LogP contribution < -0.4 is 5.32 Å². The maximum atomic E-state index is 3.86. The summed E-state index contributed by atoms with van der Waals surface area (Å²) in [5.41, 5.74) is 0. The first-order valence-corrected chi connectivity index (χ1v) is 9.18. The second-order valence-electron chi connectivity index (χ2n) is 7.94. The van der Waals surface area contributed by atoms with E-state index in [4.69, 9.17) is 0 Å². The average molecular weight is 278 g/mol. The van der Waals surface area contributed by atoms with Crippen LogP contribution in [-0.2, 0) is 0 Å². The Bertz CT molecular complexity index is 303. The smallest absolute Gasteiger partial charge is 0.0247 e. The van der Waals surface area contributed by atoms with Crippen LogP contribution in [0.3, 0.4) is 0 Å². The van der Waals surface area contributed by atoms with Crippen LogP contribution in [0.1, 0.15) is 65.7 Å². The molecule has 1 N–H and O–H groups in total. The van der Waals surface area contributed by atoms with E-state index in [1.165, 1.54) is 58.0 Å². The van der Waals surface area contributed by atoms with Crippen molar-refractivity contribution < 1.29 is 0 Å². The zero-order chi connectivity index (χ0) is 14.1. The van der Waals surface area contributed by atoms with E-state index in [1.54, 1.807) is 0 Å². The molecule has 2 saturated carbocycles. The van der Waals surface area contributed by atoms with E-state index in [2.05, 4.69) is 31.0 Å². The fraction of sp³-hybridized carbons (Fsp3) is 1.00. The van der Waals surface area contributed by atoms with E-state index in [0.29, 0.717) is 0 Å². The van der Waals surface area contributed by atoms with Gasteiger partial charge in [0.15, 0.2) is 0 Å². The van der Waals surface area contributed by atoms with E-state index in [1.807, 2.05) is 0 Å². The molecule has 0 aromatic heterocycles. The van der Waals surface area contributed by atoms with Gasteiger partial charge in [0.2, 0.25) is 0 Å². The van der Waals surface area contributed by atoms with Gasteiger partial charge in [-0.25, -0.2) is 0 Å². The highest BCUT2D eigenvalue weighted by molar-refractivity contribution is 4.97. The molecule has 2 atom stereocenters. The summed E-state index contributed by atoms with van der Waals surface area (Å²) in [5, 5.41) is 3.86. The SMILES string of the molecule is CCC1CCC(N2CC(C3CC3)NCC2C(C)C)CC1. The van der Waals surface area contributed by atoms with Gasteiger partial charge in [-0.3, -0.25) is 4.90 Å². The molecule has 2 nitrogen and oxygen atoms in total. The summed E-state index contributed by atoms with van der Waals surface area (Å²) in [5.74, 6) is 2.80. The van der Waals surface area contributed by atoms with Crippen molar-refractivity contribution in [3.05, 3.63) is 0 Å². The summed E-state index contributed by atoms with van der Waals surface area (Å²) in [6, 6.07) is 2.45. The summed E-state index contributed by atoms with van der Waals surface area (Å²) in [6.07, 6.45) is 10.2. The number of nitrogens with one attached hydrogen (secondary N) is 1. The predicted octanol–water partition coefficient (Wildman–Crippen LogP) is 3.66. The first-order chi connectivity index (χ1) is 9.69. The topological polar surface area (TPSA) is 15.3 Å². The standard InChI is InChI=1S/C18H34N2/c1-4-14-5-9-16(10-6-14)20-12-17(15-7-8-15)19-11-18(20)13(2)3/h13-19H,4-12H2,1-3H3. The molecule has 2 aliphatic carbocycles. The summed E-state index contributed by atoms with van der Waals surface area (Å²) in [6.45, 7) is 9.75. The molecule has 0 aromatic carbocycles. The van der Waals surface area contributed by atoms with Crippen molar-refractivity contribution in [3.8, 4) is 0 Å². The fourth-order valence-electron chi connectivity index (χ4n) is 4.55. The monoisotopic (exact) mass is 278 g/mol. The van der Waals surface area contributed by atoms with Crippen LogP contribution in [0.15, 0.2) is 0 Å². The van der Waals surface area contributed by atoms with Crippen LogP contribution in [0.5, 0.6) is 0 Å². The molecule has 0 aromatic rings. The van der Waals surface area contributed by atoms with Gasteiger partial charge in [-0.2, -0.15) is 0 Å². The lowest BCUT2D eigenvalue weighted by Crippen LogP contribution is -2.62. The Morgan fingerprint density at radius 2 is 1.75 bits per heavy atom. The van der Waals surface area contributed by atoms with Crippen molar-refractivity contribution in [3.63, 3.8) is 0 Å². The van der Waals surface area contributed by atoms with E-state index in [-0.39, 0.29) is 0 Å². The molecule has 2 heteroatoms. The number of hydrogen-bond donors (Lipinski definition) is 1.